The second kappa shape index (κ2) is 3.19. The Bertz CT molecular complexity index is 132. The molecule has 4 heteroatoms. The number of rotatable bonds is 1. The largest absolute Gasteiger partial charge is 0.279 e. The molecule has 0 aliphatic heterocycles. The topological polar surface area (TPSA) is 57.6 Å². The number of hydroxylamine groups is 2. The van der Waals surface area contributed by atoms with Crippen molar-refractivity contribution in [3.8, 4) is 0 Å². The van der Waals surface area contributed by atoms with Gasteiger partial charge in [0, 0.05) is 13.3 Å². The fourth-order valence-electron chi connectivity index (χ4n) is 0.325. The molecule has 0 atom stereocenters. The fourth-order valence-corrected chi connectivity index (χ4v) is 0.325. The number of amides is 2. The normalized spacial score (nSPS) is 8.78. The van der Waals surface area contributed by atoms with Crippen LogP contribution in [0.3, 0.4) is 0 Å². The molecule has 0 aliphatic carbocycles. The molecule has 0 radical (unpaired) electrons. The van der Waals surface area contributed by atoms with Gasteiger partial charge in [0.05, 0.1) is 0 Å². The summed E-state index contributed by atoms with van der Waals surface area (Å²) in [7, 11) is 0. The maximum Gasteiger partial charge on any atom is 0.252 e. The first-order chi connectivity index (χ1) is 4.09. The molecule has 0 spiro atoms. The molecule has 0 rings (SSSR count). The van der Waals surface area contributed by atoms with Crippen LogP contribution in [0, 0.1) is 0 Å². The molecule has 4 nitrogen and oxygen atoms in total. The molecule has 0 saturated carbocycles. The number of carbonyl (C=O) groups is 2. The van der Waals surface area contributed by atoms with Crippen molar-refractivity contribution in [2.45, 2.75) is 20.3 Å². The van der Waals surface area contributed by atoms with Crippen LogP contribution in [0.1, 0.15) is 20.3 Å². The number of hydrogen-bond acceptors (Lipinski definition) is 3. The zero-order valence-electron chi connectivity index (χ0n) is 5.42. The van der Waals surface area contributed by atoms with E-state index in [4.69, 9.17) is 5.21 Å². The lowest BCUT2D eigenvalue weighted by Gasteiger charge is -2.06. The predicted molar refractivity (Wildman–Crippen MR) is 29.6 cm³/mol. The van der Waals surface area contributed by atoms with Gasteiger partial charge >= 0.3 is 0 Å². The average Bonchev–Trinajstić information content (AvgIpc) is 1.84. The van der Waals surface area contributed by atoms with Crippen LogP contribution in [0.25, 0.3) is 0 Å². The molecule has 0 fully saturated rings. The van der Waals surface area contributed by atoms with Crippen LogP contribution < -0.4 is 0 Å². The summed E-state index contributed by atoms with van der Waals surface area (Å²) in [6.45, 7) is 2.68. The van der Waals surface area contributed by atoms with Crippen molar-refractivity contribution >= 4 is 11.8 Å². The van der Waals surface area contributed by atoms with Crippen LogP contribution in [0.4, 0.5) is 0 Å². The molecule has 0 aliphatic rings. The van der Waals surface area contributed by atoms with Gasteiger partial charge in [0.2, 0.25) is 5.91 Å². The van der Waals surface area contributed by atoms with Crippen molar-refractivity contribution in [3.05, 3.63) is 0 Å². The van der Waals surface area contributed by atoms with E-state index >= 15 is 0 Å². The van der Waals surface area contributed by atoms with Gasteiger partial charge < -0.3 is 0 Å². The van der Waals surface area contributed by atoms with E-state index in [0.29, 0.717) is 0 Å². The Kier molecular flexibility index (Phi) is 2.87. The van der Waals surface area contributed by atoms with Crippen molar-refractivity contribution in [2.24, 2.45) is 0 Å². The lowest BCUT2D eigenvalue weighted by molar-refractivity contribution is -0.177. The highest BCUT2D eigenvalue weighted by molar-refractivity contribution is 5.92. The van der Waals surface area contributed by atoms with E-state index in [1.807, 2.05) is 0 Å². The number of nitrogens with zero attached hydrogens (tertiary/aromatic N) is 1. The Morgan fingerprint density at radius 1 is 1.56 bits per heavy atom. The highest BCUT2D eigenvalue weighted by Gasteiger charge is 2.11. The van der Waals surface area contributed by atoms with Gasteiger partial charge in [0.15, 0.2) is 0 Å². The average molecular weight is 131 g/mol. The van der Waals surface area contributed by atoms with Gasteiger partial charge in [0.1, 0.15) is 0 Å². The molecule has 9 heavy (non-hydrogen) atoms. The highest BCUT2D eigenvalue weighted by Crippen LogP contribution is 1.88. The van der Waals surface area contributed by atoms with Crippen molar-refractivity contribution < 1.29 is 14.8 Å². The van der Waals surface area contributed by atoms with Crippen molar-refractivity contribution in [2.75, 3.05) is 0 Å². The molecule has 0 aromatic carbocycles. The molecule has 0 heterocycles. The molecule has 0 aromatic rings. The Hall–Kier alpha value is -0.900. The van der Waals surface area contributed by atoms with Crippen LogP contribution in [0.5, 0.6) is 0 Å². The molecular weight excluding hydrogens is 122 g/mol. The summed E-state index contributed by atoms with van der Waals surface area (Å²) in [6, 6.07) is 0. The Morgan fingerprint density at radius 2 is 2.00 bits per heavy atom. The first-order valence-corrected chi connectivity index (χ1v) is 2.62. The maximum absolute atomic E-state index is 10.4. The summed E-state index contributed by atoms with van der Waals surface area (Å²) in [6.07, 6.45) is 0.135. The van der Waals surface area contributed by atoms with Crippen LogP contribution >= 0.6 is 0 Å². The molecule has 0 bridgehead atoms. The Balaban J connectivity index is 3.88. The van der Waals surface area contributed by atoms with E-state index in [1.54, 1.807) is 6.92 Å². The van der Waals surface area contributed by atoms with E-state index < -0.39 is 11.8 Å². The second-order valence-electron chi connectivity index (χ2n) is 1.58. The SMILES string of the molecule is CCC(=O)N(O)C(C)=O. The lowest BCUT2D eigenvalue weighted by Crippen LogP contribution is -2.30. The van der Waals surface area contributed by atoms with Crippen molar-refractivity contribution in [1.29, 1.82) is 0 Å². The minimum atomic E-state index is -0.651. The third-order valence-corrected chi connectivity index (χ3v) is 0.837. The maximum atomic E-state index is 10.4. The molecule has 0 unspecified atom stereocenters. The van der Waals surface area contributed by atoms with Crippen molar-refractivity contribution in [1.82, 2.24) is 5.06 Å². The van der Waals surface area contributed by atoms with Gasteiger partial charge in [-0.05, 0) is 0 Å². The van der Waals surface area contributed by atoms with Gasteiger partial charge in [-0.15, -0.1) is 0 Å². The number of hydrogen-bond donors (Lipinski definition) is 1. The molecular formula is C5H9NO3. The first kappa shape index (κ1) is 8.10. The number of imide groups is 1. The van der Waals surface area contributed by atoms with Gasteiger partial charge in [-0.1, -0.05) is 6.92 Å². The van der Waals surface area contributed by atoms with E-state index in [0.717, 1.165) is 6.92 Å². The van der Waals surface area contributed by atoms with E-state index in [9.17, 15) is 9.59 Å². The standard InChI is InChI=1S/C5H9NO3/c1-3-5(8)6(9)4(2)7/h9H,3H2,1-2H3. The summed E-state index contributed by atoms with van der Waals surface area (Å²) in [4.78, 5) is 20.6. The van der Waals surface area contributed by atoms with Crippen LogP contribution in [-0.2, 0) is 9.59 Å². The van der Waals surface area contributed by atoms with Crippen LogP contribution in [0.15, 0.2) is 0 Å². The molecule has 52 valence electrons. The summed E-state index contributed by atoms with van der Waals surface area (Å²) in [5, 5.41) is 8.64. The fraction of sp³-hybridized carbons (Fsp3) is 0.600. The minimum absolute atomic E-state index is 0.111. The second-order valence-corrected chi connectivity index (χ2v) is 1.58. The zero-order chi connectivity index (χ0) is 7.44. The molecule has 2 amide bonds. The van der Waals surface area contributed by atoms with E-state index in [-0.39, 0.29) is 11.5 Å². The quantitative estimate of drug-likeness (QED) is 0.407. The lowest BCUT2D eigenvalue weighted by atomic mass is 10.4. The molecule has 0 saturated heterocycles. The minimum Gasteiger partial charge on any atom is -0.279 e. The van der Waals surface area contributed by atoms with Crippen molar-refractivity contribution in [3.63, 3.8) is 0 Å². The van der Waals surface area contributed by atoms with Gasteiger partial charge in [0.25, 0.3) is 5.91 Å². The molecule has 0 aromatic heterocycles. The smallest absolute Gasteiger partial charge is 0.252 e. The first-order valence-electron chi connectivity index (χ1n) is 2.62. The summed E-state index contributed by atoms with van der Waals surface area (Å²) in [5.41, 5.74) is 0. The van der Waals surface area contributed by atoms with Gasteiger partial charge in [-0.3, -0.25) is 14.8 Å². The third-order valence-electron chi connectivity index (χ3n) is 0.837. The summed E-state index contributed by atoms with van der Waals surface area (Å²) in [5.74, 6) is -1.23. The Labute approximate surface area is 53.0 Å². The predicted octanol–water partition coefficient (Wildman–Crippen LogP) is 0.161. The zero-order valence-corrected chi connectivity index (χ0v) is 5.42. The van der Waals surface area contributed by atoms with E-state index in [2.05, 4.69) is 0 Å². The number of carbonyl (C=O) groups excluding carboxylic acids is 2. The van der Waals surface area contributed by atoms with Crippen LogP contribution in [-0.4, -0.2) is 22.1 Å². The van der Waals surface area contributed by atoms with Gasteiger partial charge in [-0.2, -0.15) is 5.06 Å². The van der Waals surface area contributed by atoms with Gasteiger partial charge in [-0.25, -0.2) is 0 Å². The summed E-state index contributed by atoms with van der Waals surface area (Å²) >= 11 is 0. The Morgan fingerprint density at radius 3 is 2.11 bits per heavy atom. The van der Waals surface area contributed by atoms with Crippen LogP contribution in [0.2, 0.25) is 0 Å². The van der Waals surface area contributed by atoms with E-state index in [1.165, 1.54) is 0 Å². The summed E-state index contributed by atoms with van der Waals surface area (Å²) < 4.78 is 0. The third kappa shape index (κ3) is 2.23. The monoisotopic (exact) mass is 131 g/mol. The molecule has 1 N–H and O–H groups in total. The highest BCUT2D eigenvalue weighted by atomic mass is 16.5.